The molecule has 1 unspecified atom stereocenters. The number of thiophene rings is 1. The third kappa shape index (κ3) is 3.70. The van der Waals surface area contributed by atoms with E-state index in [1.165, 1.54) is 36.6 Å². The minimum Gasteiger partial charge on any atom is -0.467 e. The number of nitrogen functional groups attached to an aromatic ring is 1. The highest BCUT2D eigenvalue weighted by molar-refractivity contribution is 7.23. The molecule has 2 aromatic carbocycles. The average molecular weight is 608 g/mol. The van der Waals surface area contributed by atoms with Gasteiger partial charge in [-0.15, -0.1) is 11.3 Å². The van der Waals surface area contributed by atoms with Crippen LogP contribution in [0.15, 0.2) is 30.9 Å². The van der Waals surface area contributed by atoms with Gasteiger partial charge >= 0.3 is 12.0 Å². The number of benzene rings is 2. The molecule has 5 heterocycles. The molecule has 0 aliphatic carbocycles. The van der Waals surface area contributed by atoms with Gasteiger partial charge in [-0.3, -0.25) is 0 Å². The summed E-state index contributed by atoms with van der Waals surface area (Å²) in [6.07, 6.45) is 4.13. The van der Waals surface area contributed by atoms with Gasteiger partial charge in [-0.2, -0.15) is 25.0 Å². The van der Waals surface area contributed by atoms with Crippen LogP contribution in [0.25, 0.3) is 32.1 Å². The highest BCUT2D eigenvalue weighted by Gasteiger charge is 2.52. The molecule has 2 saturated heterocycles. The minimum absolute atomic E-state index is 0.0251. The summed E-state index contributed by atoms with van der Waals surface area (Å²) in [5.74, 6) is -0.949. The SMILES string of the molecule is COc1nc(N2CCC3(CCN3C(=O)n3cncn3)C2)c2cc(Cl)c(-c3ccc(F)c4sc(N)c(C#N)c34)c(F)c2n1. The molecule has 42 heavy (non-hydrogen) atoms. The first-order valence-electron chi connectivity index (χ1n) is 12.8. The van der Waals surface area contributed by atoms with Crippen LogP contribution in [0, 0.1) is 23.0 Å². The molecule has 1 atom stereocenters. The molecule has 2 fully saturated rings. The van der Waals surface area contributed by atoms with E-state index in [0.29, 0.717) is 37.3 Å². The average Bonchev–Trinajstić information content (AvgIpc) is 3.73. The number of carbonyl (C=O) groups is 1. The van der Waals surface area contributed by atoms with E-state index in [2.05, 4.69) is 20.1 Å². The number of rotatable bonds is 3. The Labute approximate surface area is 245 Å². The second kappa shape index (κ2) is 9.47. The Kier molecular flexibility index (Phi) is 5.93. The fourth-order valence-electron chi connectivity index (χ4n) is 5.98. The van der Waals surface area contributed by atoms with Crippen LogP contribution in [0.3, 0.4) is 0 Å². The zero-order chi connectivity index (χ0) is 29.3. The van der Waals surface area contributed by atoms with Crippen molar-refractivity contribution in [1.82, 2.24) is 29.6 Å². The Bertz CT molecular complexity index is 1980. The third-order valence-corrected chi connectivity index (χ3v) is 9.40. The second-order valence-corrected chi connectivity index (χ2v) is 11.6. The van der Waals surface area contributed by atoms with Crippen LogP contribution in [0.5, 0.6) is 6.01 Å². The molecule has 2 N–H and O–H groups in total. The summed E-state index contributed by atoms with van der Waals surface area (Å²) >= 11 is 7.65. The van der Waals surface area contributed by atoms with Gasteiger partial charge in [0, 0.05) is 36.0 Å². The van der Waals surface area contributed by atoms with E-state index in [0.717, 1.165) is 17.8 Å². The number of ether oxygens (including phenoxy) is 1. The van der Waals surface area contributed by atoms with Crippen LogP contribution in [-0.2, 0) is 0 Å². The van der Waals surface area contributed by atoms with Crippen molar-refractivity contribution in [1.29, 1.82) is 5.26 Å². The lowest BCUT2D eigenvalue weighted by molar-refractivity contribution is 0.0400. The number of nitrogens with two attached hydrogens (primary N) is 1. The Hall–Kier alpha value is -4.61. The van der Waals surface area contributed by atoms with E-state index in [4.69, 9.17) is 22.1 Å². The Morgan fingerprint density at radius 2 is 2.07 bits per heavy atom. The van der Waals surface area contributed by atoms with Gasteiger partial charge in [0.1, 0.15) is 40.9 Å². The molecule has 15 heteroatoms. The van der Waals surface area contributed by atoms with Crippen molar-refractivity contribution < 1.29 is 18.3 Å². The fraction of sp³-hybridized carbons (Fsp3) is 0.259. The molecule has 1 spiro atoms. The normalized spacial score (nSPS) is 18.2. The van der Waals surface area contributed by atoms with Crippen molar-refractivity contribution in [3.63, 3.8) is 0 Å². The maximum absolute atomic E-state index is 16.5. The second-order valence-electron chi connectivity index (χ2n) is 10.1. The number of fused-ring (bicyclic) bond motifs is 2. The number of likely N-dealkylation sites (tertiary alicyclic amines) is 1. The maximum Gasteiger partial charge on any atom is 0.346 e. The van der Waals surface area contributed by atoms with E-state index in [9.17, 15) is 14.4 Å². The van der Waals surface area contributed by atoms with Crippen molar-refractivity contribution in [3.8, 4) is 23.2 Å². The zero-order valence-electron chi connectivity index (χ0n) is 21.9. The number of amides is 1. The van der Waals surface area contributed by atoms with E-state index in [1.807, 2.05) is 11.0 Å². The van der Waals surface area contributed by atoms with Gasteiger partial charge in [-0.25, -0.2) is 18.6 Å². The minimum atomic E-state index is -0.776. The molecule has 5 aromatic rings. The summed E-state index contributed by atoms with van der Waals surface area (Å²) in [6.45, 7) is 1.56. The van der Waals surface area contributed by atoms with Crippen LogP contribution in [-0.4, -0.2) is 67.9 Å². The van der Waals surface area contributed by atoms with E-state index in [1.54, 1.807) is 11.0 Å². The number of carbonyl (C=O) groups excluding carboxylic acids is 1. The van der Waals surface area contributed by atoms with Crippen molar-refractivity contribution in [2.45, 2.75) is 18.4 Å². The topological polar surface area (TPSA) is 139 Å². The molecular formula is C27H20ClF2N9O2S. The molecular weight excluding hydrogens is 588 g/mol. The van der Waals surface area contributed by atoms with Crippen LogP contribution < -0.4 is 15.4 Å². The van der Waals surface area contributed by atoms with Crippen LogP contribution in [0.1, 0.15) is 18.4 Å². The molecule has 7 rings (SSSR count). The number of hydrogen-bond donors (Lipinski definition) is 1. The van der Waals surface area contributed by atoms with E-state index < -0.39 is 17.2 Å². The van der Waals surface area contributed by atoms with Gasteiger partial charge in [0.25, 0.3) is 0 Å². The third-order valence-electron chi connectivity index (χ3n) is 8.07. The predicted molar refractivity (Wildman–Crippen MR) is 153 cm³/mol. The molecule has 0 radical (unpaired) electrons. The quantitative estimate of drug-likeness (QED) is 0.306. The fourth-order valence-corrected chi connectivity index (χ4v) is 7.22. The number of nitrogens with zero attached hydrogens (tertiary/aromatic N) is 8. The van der Waals surface area contributed by atoms with Crippen LogP contribution >= 0.6 is 22.9 Å². The maximum atomic E-state index is 16.5. The highest BCUT2D eigenvalue weighted by Crippen LogP contribution is 2.47. The molecule has 11 nitrogen and oxygen atoms in total. The first-order chi connectivity index (χ1) is 20.3. The summed E-state index contributed by atoms with van der Waals surface area (Å²) < 4.78 is 37.9. The summed E-state index contributed by atoms with van der Waals surface area (Å²) in [5, 5.41) is 14.4. The number of hydrogen-bond acceptors (Lipinski definition) is 10. The number of halogens is 3. The molecule has 212 valence electrons. The Morgan fingerprint density at radius 3 is 2.76 bits per heavy atom. The molecule has 2 aliphatic heterocycles. The first-order valence-corrected chi connectivity index (χ1v) is 14.0. The Morgan fingerprint density at radius 1 is 1.26 bits per heavy atom. The lowest BCUT2D eigenvalue weighted by Crippen LogP contribution is -2.64. The van der Waals surface area contributed by atoms with E-state index in [-0.39, 0.29) is 54.4 Å². The highest BCUT2D eigenvalue weighted by atomic mass is 35.5. The van der Waals surface area contributed by atoms with Crippen molar-refractivity contribution in [2.75, 3.05) is 37.4 Å². The summed E-state index contributed by atoms with van der Waals surface area (Å²) in [5.41, 5.74) is 5.72. The molecule has 1 amide bonds. The van der Waals surface area contributed by atoms with Crippen molar-refractivity contribution >= 4 is 60.8 Å². The smallest absolute Gasteiger partial charge is 0.346 e. The van der Waals surface area contributed by atoms with Gasteiger partial charge in [0.15, 0.2) is 5.82 Å². The van der Waals surface area contributed by atoms with Gasteiger partial charge in [-0.05, 0) is 30.5 Å². The lowest BCUT2D eigenvalue weighted by Gasteiger charge is -2.50. The molecule has 0 saturated carbocycles. The van der Waals surface area contributed by atoms with Crippen LogP contribution in [0.2, 0.25) is 5.02 Å². The summed E-state index contributed by atoms with van der Waals surface area (Å²) in [4.78, 5) is 29.5. The lowest BCUT2D eigenvalue weighted by atomic mass is 9.84. The van der Waals surface area contributed by atoms with Gasteiger partial charge < -0.3 is 20.3 Å². The largest absolute Gasteiger partial charge is 0.467 e. The van der Waals surface area contributed by atoms with Gasteiger partial charge in [0.05, 0.1) is 27.9 Å². The number of methoxy groups -OCH3 is 1. The standard InChI is InChI=1S/C27H20ClF2N9O2S/c1-41-25-35-21-14(24(36-25)37-6-4-27(10-37)5-7-38(27)26(40)39-12-33-11-34-39)8-16(28)19(20(21)30)13-2-3-17(29)22-18(13)15(9-31)23(32)42-22/h2-3,8,11-12H,4-7,10,32H2,1H3. The summed E-state index contributed by atoms with van der Waals surface area (Å²) in [7, 11) is 1.38. The zero-order valence-corrected chi connectivity index (χ0v) is 23.5. The van der Waals surface area contributed by atoms with Gasteiger partial charge in [0.2, 0.25) is 0 Å². The summed E-state index contributed by atoms with van der Waals surface area (Å²) in [6, 6.07) is 5.80. The van der Waals surface area contributed by atoms with Crippen molar-refractivity contribution in [2.24, 2.45) is 0 Å². The monoisotopic (exact) mass is 607 g/mol. The molecule has 3 aromatic heterocycles. The Balaban J connectivity index is 1.35. The number of nitriles is 1. The van der Waals surface area contributed by atoms with Crippen molar-refractivity contribution in [3.05, 3.63) is 53.1 Å². The number of aromatic nitrogens is 5. The predicted octanol–water partition coefficient (Wildman–Crippen LogP) is 4.82. The van der Waals surface area contributed by atoms with Gasteiger partial charge in [-0.1, -0.05) is 17.7 Å². The first kappa shape index (κ1) is 26.3. The molecule has 2 aliphatic rings. The van der Waals surface area contributed by atoms with E-state index >= 15 is 4.39 Å². The van der Waals surface area contributed by atoms with Crippen LogP contribution in [0.4, 0.5) is 24.4 Å². The number of anilines is 2. The molecule has 0 bridgehead atoms.